The molecule has 1 aliphatic heterocycles. The maximum absolute atomic E-state index is 3.39. The van der Waals surface area contributed by atoms with E-state index in [0.717, 1.165) is 6.54 Å². The predicted molar refractivity (Wildman–Crippen MR) is 60.5 cm³/mol. The minimum Gasteiger partial charge on any atom is -0.304 e. The summed E-state index contributed by atoms with van der Waals surface area (Å²) in [5.74, 6) is 0. The summed E-state index contributed by atoms with van der Waals surface area (Å²) in [7, 11) is 0. The predicted octanol–water partition coefficient (Wildman–Crippen LogP) is 2.80. The first-order valence-electron chi connectivity index (χ1n) is 5.28. The minimum absolute atomic E-state index is 0.260. The third-order valence-electron chi connectivity index (χ3n) is 3.10. The molecule has 76 valence electrons. The molecule has 1 atom stereocenters. The van der Waals surface area contributed by atoms with Gasteiger partial charge in [-0.3, -0.25) is 0 Å². The van der Waals surface area contributed by atoms with Crippen molar-refractivity contribution in [1.82, 2.24) is 5.32 Å². The van der Waals surface area contributed by atoms with Crippen LogP contribution in [0, 0.1) is 0 Å². The summed E-state index contributed by atoms with van der Waals surface area (Å²) in [5.41, 5.74) is 3.34. The lowest BCUT2D eigenvalue weighted by atomic mass is 9.86. The third kappa shape index (κ3) is 1.69. The quantitative estimate of drug-likeness (QED) is 0.674. The molecule has 0 spiro atoms. The molecule has 1 aromatic carbocycles. The standard InChI is InChI=1S/C13H19N/c1-12(2,3)10-5-7-11(8-6-10)13(4)9-14-13/h5-8,14H,9H2,1-4H3. The molecule has 0 aromatic heterocycles. The number of benzene rings is 1. The van der Waals surface area contributed by atoms with Crippen molar-refractivity contribution in [2.45, 2.75) is 38.6 Å². The smallest absolute Gasteiger partial charge is 0.0533 e. The lowest BCUT2D eigenvalue weighted by Crippen LogP contribution is -2.12. The Bertz CT molecular complexity index is 301. The Morgan fingerprint density at radius 3 is 2.00 bits per heavy atom. The van der Waals surface area contributed by atoms with Gasteiger partial charge in [0.1, 0.15) is 0 Å². The van der Waals surface area contributed by atoms with E-state index >= 15 is 0 Å². The molecular formula is C13H19N. The van der Waals surface area contributed by atoms with Crippen LogP contribution in [0.5, 0.6) is 0 Å². The van der Waals surface area contributed by atoms with Crippen molar-refractivity contribution in [3.63, 3.8) is 0 Å². The van der Waals surface area contributed by atoms with E-state index in [2.05, 4.69) is 57.3 Å². The minimum atomic E-state index is 0.260. The van der Waals surface area contributed by atoms with Gasteiger partial charge in [-0.05, 0) is 23.5 Å². The molecule has 1 N–H and O–H groups in total. The lowest BCUT2D eigenvalue weighted by Gasteiger charge is -2.19. The highest BCUT2D eigenvalue weighted by Crippen LogP contribution is 2.31. The fourth-order valence-electron chi connectivity index (χ4n) is 1.67. The molecule has 2 rings (SSSR count). The number of nitrogens with one attached hydrogen (secondary N) is 1. The van der Waals surface area contributed by atoms with Gasteiger partial charge in [-0.25, -0.2) is 0 Å². The summed E-state index contributed by atoms with van der Waals surface area (Å²) in [6, 6.07) is 9.00. The van der Waals surface area contributed by atoms with Gasteiger partial charge in [0.15, 0.2) is 0 Å². The van der Waals surface area contributed by atoms with Crippen LogP contribution in [0.25, 0.3) is 0 Å². The van der Waals surface area contributed by atoms with E-state index in [4.69, 9.17) is 0 Å². The molecule has 0 radical (unpaired) electrons. The van der Waals surface area contributed by atoms with E-state index in [-0.39, 0.29) is 11.0 Å². The third-order valence-corrected chi connectivity index (χ3v) is 3.10. The average molecular weight is 189 g/mol. The molecule has 0 amide bonds. The van der Waals surface area contributed by atoms with Crippen LogP contribution in [-0.4, -0.2) is 6.54 Å². The number of hydrogen-bond acceptors (Lipinski definition) is 1. The first kappa shape index (κ1) is 9.72. The Morgan fingerprint density at radius 1 is 1.14 bits per heavy atom. The van der Waals surface area contributed by atoms with Crippen molar-refractivity contribution >= 4 is 0 Å². The topological polar surface area (TPSA) is 21.9 Å². The fraction of sp³-hybridized carbons (Fsp3) is 0.538. The van der Waals surface area contributed by atoms with Crippen LogP contribution < -0.4 is 5.32 Å². The Morgan fingerprint density at radius 2 is 1.64 bits per heavy atom. The molecule has 0 saturated carbocycles. The van der Waals surface area contributed by atoms with E-state index < -0.39 is 0 Å². The van der Waals surface area contributed by atoms with Crippen LogP contribution in [-0.2, 0) is 11.0 Å². The van der Waals surface area contributed by atoms with Crippen molar-refractivity contribution in [3.05, 3.63) is 35.4 Å². The van der Waals surface area contributed by atoms with Gasteiger partial charge in [0.05, 0.1) is 5.54 Å². The maximum Gasteiger partial charge on any atom is 0.0533 e. The van der Waals surface area contributed by atoms with Gasteiger partial charge in [0, 0.05) is 6.54 Å². The highest BCUT2D eigenvalue weighted by atomic mass is 15.1. The van der Waals surface area contributed by atoms with Gasteiger partial charge in [-0.2, -0.15) is 0 Å². The van der Waals surface area contributed by atoms with E-state index in [1.54, 1.807) is 0 Å². The highest BCUT2D eigenvalue weighted by Gasteiger charge is 2.38. The number of hydrogen-bond donors (Lipinski definition) is 1. The molecule has 1 saturated heterocycles. The normalized spacial score (nSPS) is 26.3. The number of rotatable bonds is 1. The van der Waals surface area contributed by atoms with Crippen molar-refractivity contribution in [1.29, 1.82) is 0 Å². The second kappa shape index (κ2) is 2.83. The average Bonchev–Trinajstić information content (AvgIpc) is 2.84. The van der Waals surface area contributed by atoms with Crippen molar-refractivity contribution in [2.75, 3.05) is 6.54 Å². The Labute approximate surface area is 86.5 Å². The van der Waals surface area contributed by atoms with Gasteiger partial charge < -0.3 is 5.32 Å². The SMILES string of the molecule is CC(C)(C)c1ccc(C2(C)CN2)cc1. The second-order valence-electron chi connectivity index (χ2n) is 5.51. The Hall–Kier alpha value is -0.820. The summed E-state index contributed by atoms with van der Waals surface area (Å²) >= 11 is 0. The molecule has 1 aliphatic rings. The second-order valence-corrected chi connectivity index (χ2v) is 5.51. The fourth-order valence-corrected chi connectivity index (χ4v) is 1.67. The first-order valence-corrected chi connectivity index (χ1v) is 5.28. The lowest BCUT2D eigenvalue weighted by molar-refractivity contribution is 0.589. The molecule has 0 bridgehead atoms. The molecule has 1 aromatic rings. The zero-order chi connectivity index (χ0) is 10.4. The summed E-state index contributed by atoms with van der Waals surface area (Å²) in [6.45, 7) is 10.1. The first-order chi connectivity index (χ1) is 6.42. The zero-order valence-electron chi connectivity index (χ0n) is 9.52. The van der Waals surface area contributed by atoms with Gasteiger partial charge >= 0.3 is 0 Å². The molecule has 1 heteroatoms. The molecule has 1 unspecified atom stereocenters. The van der Waals surface area contributed by atoms with E-state index in [1.165, 1.54) is 11.1 Å². The Balaban J connectivity index is 2.27. The molecular weight excluding hydrogens is 170 g/mol. The van der Waals surface area contributed by atoms with Crippen LogP contribution >= 0.6 is 0 Å². The highest BCUT2D eigenvalue weighted by molar-refractivity contribution is 5.34. The van der Waals surface area contributed by atoms with Crippen LogP contribution in [0.3, 0.4) is 0 Å². The van der Waals surface area contributed by atoms with E-state index in [1.807, 2.05) is 0 Å². The molecule has 1 fully saturated rings. The van der Waals surface area contributed by atoms with Crippen molar-refractivity contribution < 1.29 is 0 Å². The summed E-state index contributed by atoms with van der Waals surface area (Å²) < 4.78 is 0. The van der Waals surface area contributed by atoms with Gasteiger partial charge in [-0.1, -0.05) is 45.0 Å². The summed E-state index contributed by atoms with van der Waals surface area (Å²) in [6.07, 6.45) is 0. The van der Waals surface area contributed by atoms with E-state index in [9.17, 15) is 0 Å². The summed E-state index contributed by atoms with van der Waals surface area (Å²) in [5, 5.41) is 3.39. The van der Waals surface area contributed by atoms with Crippen molar-refractivity contribution in [3.8, 4) is 0 Å². The monoisotopic (exact) mass is 189 g/mol. The van der Waals surface area contributed by atoms with Gasteiger partial charge in [0.25, 0.3) is 0 Å². The van der Waals surface area contributed by atoms with Crippen LogP contribution in [0.15, 0.2) is 24.3 Å². The van der Waals surface area contributed by atoms with Gasteiger partial charge in [0.2, 0.25) is 0 Å². The van der Waals surface area contributed by atoms with E-state index in [0.29, 0.717) is 0 Å². The Kier molecular flexibility index (Phi) is 1.97. The molecule has 14 heavy (non-hydrogen) atoms. The zero-order valence-corrected chi connectivity index (χ0v) is 9.52. The van der Waals surface area contributed by atoms with Crippen LogP contribution in [0.2, 0.25) is 0 Å². The molecule has 1 heterocycles. The summed E-state index contributed by atoms with van der Waals surface area (Å²) in [4.78, 5) is 0. The molecule has 1 nitrogen and oxygen atoms in total. The largest absolute Gasteiger partial charge is 0.304 e. The van der Waals surface area contributed by atoms with Crippen molar-refractivity contribution in [2.24, 2.45) is 0 Å². The molecule has 0 aliphatic carbocycles. The van der Waals surface area contributed by atoms with Gasteiger partial charge in [-0.15, -0.1) is 0 Å². The van der Waals surface area contributed by atoms with Crippen LogP contribution in [0.1, 0.15) is 38.8 Å². The maximum atomic E-state index is 3.39. The van der Waals surface area contributed by atoms with Crippen LogP contribution in [0.4, 0.5) is 0 Å².